The summed E-state index contributed by atoms with van der Waals surface area (Å²) in [7, 11) is 0. The fourth-order valence-corrected chi connectivity index (χ4v) is 3.61. The van der Waals surface area contributed by atoms with Gasteiger partial charge in [0.25, 0.3) is 0 Å². The number of nitrogens with one attached hydrogen (secondary N) is 1. The van der Waals surface area contributed by atoms with Crippen molar-refractivity contribution in [1.29, 1.82) is 0 Å². The van der Waals surface area contributed by atoms with Gasteiger partial charge in [-0.2, -0.15) is 0 Å². The van der Waals surface area contributed by atoms with Gasteiger partial charge in [-0.15, -0.1) is 0 Å². The normalized spacial score (nSPS) is 45.8. The number of amides is 1. The Bertz CT molecular complexity index is 604. The van der Waals surface area contributed by atoms with E-state index in [1.165, 1.54) is 6.92 Å². The SMILES string of the molecule is CC(=O)NC1[C@H](O[C@H]2C(CO)O[C@H]3OC(C)=NC3[C@H]2O)OC(CO)[C@H](O)[C@@H]1O. The molecule has 10 atom stereocenters. The molecule has 12 nitrogen and oxygen atoms in total. The van der Waals surface area contributed by atoms with Gasteiger partial charge in [-0.3, -0.25) is 4.79 Å². The molecule has 0 bridgehead atoms. The second-order valence-electron chi connectivity index (χ2n) is 7.01. The van der Waals surface area contributed by atoms with E-state index >= 15 is 0 Å². The summed E-state index contributed by atoms with van der Waals surface area (Å²) in [6.07, 6.45) is -9.76. The summed E-state index contributed by atoms with van der Waals surface area (Å²) in [4.78, 5) is 15.7. The second kappa shape index (κ2) is 8.55. The molecule has 2 saturated heterocycles. The van der Waals surface area contributed by atoms with Crippen LogP contribution in [0.3, 0.4) is 0 Å². The summed E-state index contributed by atoms with van der Waals surface area (Å²) in [6.45, 7) is 1.68. The molecule has 3 aliphatic heterocycles. The van der Waals surface area contributed by atoms with Crippen molar-refractivity contribution in [3.63, 3.8) is 0 Å². The first-order valence-corrected chi connectivity index (χ1v) is 8.97. The maximum atomic E-state index is 11.5. The maximum absolute atomic E-state index is 11.5. The van der Waals surface area contributed by atoms with Crippen LogP contribution in [0.1, 0.15) is 13.8 Å². The molecule has 0 aromatic carbocycles. The quantitative estimate of drug-likeness (QED) is 0.265. The van der Waals surface area contributed by atoms with Crippen molar-refractivity contribution < 1.29 is 49.3 Å². The smallest absolute Gasteiger partial charge is 0.227 e. The molecule has 3 rings (SSSR count). The monoisotopic (exact) mass is 406 g/mol. The van der Waals surface area contributed by atoms with E-state index in [0.717, 1.165) is 0 Å². The lowest BCUT2D eigenvalue weighted by molar-refractivity contribution is -0.322. The van der Waals surface area contributed by atoms with Crippen LogP contribution in [-0.2, 0) is 23.7 Å². The number of carbonyl (C=O) groups is 1. The number of aliphatic hydroxyl groups excluding tert-OH is 5. The Labute approximate surface area is 160 Å². The van der Waals surface area contributed by atoms with E-state index in [4.69, 9.17) is 18.9 Å². The predicted molar refractivity (Wildman–Crippen MR) is 90.0 cm³/mol. The van der Waals surface area contributed by atoms with Gasteiger partial charge < -0.3 is 49.8 Å². The molecule has 3 heterocycles. The van der Waals surface area contributed by atoms with Gasteiger partial charge in [-0.1, -0.05) is 0 Å². The van der Waals surface area contributed by atoms with Crippen molar-refractivity contribution in [3.8, 4) is 0 Å². The minimum absolute atomic E-state index is 0.315. The van der Waals surface area contributed by atoms with Crippen LogP contribution in [0.2, 0.25) is 0 Å². The topological polar surface area (TPSA) is 180 Å². The highest BCUT2D eigenvalue weighted by molar-refractivity contribution is 5.75. The van der Waals surface area contributed by atoms with E-state index in [2.05, 4.69) is 10.3 Å². The Morgan fingerprint density at radius 3 is 2.39 bits per heavy atom. The Morgan fingerprint density at radius 2 is 1.79 bits per heavy atom. The molecule has 4 unspecified atom stereocenters. The number of nitrogens with zero attached hydrogens (tertiary/aromatic N) is 1. The number of hydrogen-bond acceptors (Lipinski definition) is 11. The number of aliphatic hydroxyl groups is 5. The molecule has 0 spiro atoms. The van der Waals surface area contributed by atoms with Crippen LogP contribution in [0.4, 0.5) is 0 Å². The molecule has 1 amide bonds. The zero-order valence-corrected chi connectivity index (χ0v) is 15.4. The van der Waals surface area contributed by atoms with Crippen molar-refractivity contribution >= 4 is 11.8 Å². The first-order valence-electron chi connectivity index (χ1n) is 8.97. The molecule has 28 heavy (non-hydrogen) atoms. The minimum atomic E-state index is -1.50. The third-order valence-electron chi connectivity index (χ3n) is 4.98. The van der Waals surface area contributed by atoms with Gasteiger partial charge in [0.05, 0.1) is 13.2 Å². The van der Waals surface area contributed by atoms with Crippen molar-refractivity contribution in [2.75, 3.05) is 13.2 Å². The molecule has 12 heteroatoms. The molecule has 2 fully saturated rings. The largest absolute Gasteiger partial charge is 0.450 e. The van der Waals surface area contributed by atoms with E-state index in [1.54, 1.807) is 6.92 Å². The predicted octanol–water partition coefficient (Wildman–Crippen LogP) is -3.79. The Kier molecular flexibility index (Phi) is 6.51. The minimum Gasteiger partial charge on any atom is -0.450 e. The van der Waals surface area contributed by atoms with Crippen molar-refractivity contribution in [1.82, 2.24) is 5.32 Å². The number of carbonyl (C=O) groups excluding carboxylic acids is 1. The summed E-state index contributed by atoms with van der Waals surface area (Å²) < 4.78 is 22.2. The van der Waals surface area contributed by atoms with Crippen molar-refractivity contribution in [2.45, 2.75) is 75.1 Å². The van der Waals surface area contributed by atoms with Crippen LogP contribution in [0.5, 0.6) is 0 Å². The summed E-state index contributed by atoms with van der Waals surface area (Å²) in [6, 6.07) is -1.98. The molecule has 0 saturated carbocycles. The maximum Gasteiger partial charge on any atom is 0.227 e. The molecule has 160 valence electrons. The summed E-state index contributed by atoms with van der Waals surface area (Å²) in [5.74, 6) is -0.199. The van der Waals surface area contributed by atoms with Crippen LogP contribution in [-0.4, -0.2) is 112 Å². The van der Waals surface area contributed by atoms with Crippen LogP contribution in [0, 0.1) is 0 Å². The second-order valence-corrected chi connectivity index (χ2v) is 7.01. The lowest BCUT2D eigenvalue weighted by atomic mass is 9.95. The first kappa shape index (κ1) is 21.3. The molecule has 0 radical (unpaired) electrons. The van der Waals surface area contributed by atoms with Gasteiger partial charge in [0.2, 0.25) is 12.2 Å². The summed E-state index contributed by atoms with van der Waals surface area (Å²) in [5.41, 5.74) is 0. The van der Waals surface area contributed by atoms with E-state index in [-0.39, 0.29) is 0 Å². The van der Waals surface area contributed by atoms with Crippen molar-refractivity contribution in [2.24, 2.45) is 4.99 Å². The van der Waals surface area contributed by atoms with Gasteiger partial charge in [0, 0.05) is 13.8 Å². The van der Waals surface area contributed by atoms with Gasteiger partial charge in [0.15, 0.2) is 12.2 Å². The number of aliphatic imine (C=N–C) groups is 1. The summed E-state index contributed by atoms with van der Waals surface area (Å²) in [5, 5.41) is 52.6. The third-order valence-corrected chi connectivity index (χ3v) is 4.98. The molecular weight excluding hydrogens is 380 g/mol. The standard InChI is InChI=1S/C16H26N2O10/c1-5(21)17-9-12(23)11(22)7(3-19)26-16(9)28-14-8(4-20)27-15-10(13(14)24)18-6(2)25-15/h7-16,19-20,22-24H,3-4H2,1-2H3,(H,17,21)/t7?,8?,9?,10?,11-,12+,13+,14-,15+,16-/m0/s1. The fraction of sp³-hybridized carbons (Fsp3) is 0.875. The van der Waals surface area contributed by atoms with Crippen LogP contribution < -0.4 is 5.32 Å². The van der Waals surface area contributed by atoms with Gasteiger partial charge in [0.1, 0.15) is 48.7 Å². The Morgan fingerprint density at radius 1 is 1.11 bits per heavy atom. The van der Waals surface area contributed by atoms with E-state index in [9.17, 15) is 30.3 Å². The first-order chi connectivity index (χ1) is 13.3. The molecule has 0 aromatic heterocycles. The summed E-state index contributed by atoms with van der Waals surface area (Å²) >= 11 is 0. The van der Waals surface area contributed by atoms with Crippen LogP contribution in [0.15, 0.2) is 4.99 Å². The molecule has 0 aliphatic carbocycles. The number of hydrogen-bond donors (Lipinski definition) is 6. The van der Waals surface area contributed by atoms with Crippen LogP contribution in [0.25, 0.3) is 0 Å². The highest BCUT2D eigenvalue weighted by atomic mass is 16.7. The van der Waals surface area contributed by atoms with Gasteiger partial charge in [-0.05, 0) is 0 Å². The molecular formula is C16H26N2O10. The molecule has 0 aromatic rings. The Hall–Kier alpha value is -1.38. The van der Waals surface area contributed by atoms with Gasteiger partial charge >= 0.3 is 0 Å². The number of rotatable bonds is 5. The lowest BCUT2D eigenvalue weighted by Crippen LogP contribution is -2.67. The van der Waals surface area contributed by atoms with Crippen LogP contribution >= 0.6 is 0 Å². The fourth-order valence-electron chi connectivity index (χ4n) is 3.61. The average Bonchev–Trinajstić information content (AvgIpc) is 3.03. The molecule has 3 aliphatic rings. The lowest BCUT2D eigenvalue weighted by Gasteiger charge is -2.46. The third kappa shape index (κ3) is 4.00. The van der Waals surface area contributed by atoms with Crippen molar-refractivity contribution in [3.05, 3.63) is 0 Å². The number of fused-ring (bicyclic) bond motifs is 1. The van der Waals surface area contributed by atoms with E-state index in [1.807, 2.05) is 0 Å². The zero-order valence-electron chi connectivity index (χ0n) is 15.4. The number of ether oxygens (including phenoxy) is 4. The molecule has 6 N–H and O–H groups in total. The van der Waals surface area contributed by atoms with Gasteiger partial charge in [-0.25, -0.2) is 4.99 Å². The Balaban J connectivity index is 1.81. The highest BCUT2D eigenvalue weighted by Crippen LogP contribution is 2.32. The zero-order chi connectivity index (χ0) is 20.6. The highest BCUT2D eigenvalue weighted by Gasteiger charge is 2.53. The van der Waals surface area contributed by atoms with E-state index < -0.39 is 80.4 Å². The average molecular weight is 406 g/mol. The van der Waals surface area contributed by atoms with E-state index in [0.29, 0.717) is 5.90 Å².